The largest absolute Gasteiger partial charge is 0.293 e. The van der Waals surface area contributed by atoms with Crippen LogP contribution in [0.2, 0.25) is 0 Å². The monoisotopic (exact) mass is 333 g/mol. The number of halogens is 1. The highest BCUT2D eigenvalue weighted by atomic mass is 79.9. The van der Waals surface area contributed by atoms with Gasteiger partial charge in [0.2, 0.25) is 0 Å². The van der Waals surface area contributed by atoms with Crippen LogP contribution in [0, 0.1) is 0 Å². The molecule has 0 amide bonds. The Morgan fingerprint density at radius 2 is 2.20 bits per heavy atom. The van der Waals surface area contributed by atoms with Gasteiger partial charge in [-0.2, -0.15) is 0 Å². The maximum atomic E-state index is 12.5. The summed E-state index contributed by atoms with van der Waals surface area (Å²) in [4.78, 5) is 16.8. The van der Waals surface area contributed by atoms with E-state index in [0.717, 1.165) is 16.7 Å². The van der Waals surface area contributed by atoms with Gasteiger partial charge in [0.25, 0.3) is 5.56 Å². The normalized spacial score (nSPS) is 11.1. The molecule has 0 saturated carbocycles. The molecule has 3 aromatic rings. The highest BCUT2D eigenvalue weighted by Crippen LogP contribution is 2.18. The van der Waals surface area contributed by atoms with Crippen LogP contribution in [0.3, 0.4) is 0 Å². The van der Waals surface area contributed by atoms with Gasteiger partial charge in [-0.1, -0.05) is 11.3 Å². The molecule has 1 aromatic carbocycles. The average Bonchev–Trinajstić information content (AvgIpc) is 2.89. The lowest BCUT2D eigenvalue weighted by Crippen LogP contribution is -2.22. The van der Waals surface area contributed by atoms with Gasteiger partial charge in [0.1, 0.15) is 0 Å². The summed E-state index contributed by atoms with van der Waals surface area (Å²) in [5.41, 5.74) is 1.48. The van der Waals surface area contributed by atoms with E-state index < -0.39 is 0 Å². The van der Waals surface area contributed by atoms with Crippen molar-refractivity contribution in [1.82, 2.24) is 24.5 Å². The van der Waals surface area contributed by atoms with Gasteiger partial charge in [0.15, 0.2) is 0 Å². The summed E-state index contributed by atoms with van der Waals surface area (Å²) in [6.07, 6.45) is 3.23. The van der Waals surface area contributed by atoms with Gasteiger partial charge in [-0.05, 0) is 35.0 Å². The van der Waals surface area contributed by atoms with Crippen molar-refractivity contribution < 1.29 is 0 Å². The van der Waals surface area contributed by atoms with E-state index in [0.29, 0.717) is 17.4 Å². The molecular weight excluding hydrogens is 322 g/mol. The first-order valence-electron chi connectivity index (χ1n) is 6.21. The van der Waals surface area contributed by atoms with Gasteiger partial charge < -0.3 is 0 Å². The first kappa shape index (κ1) is 13.0. The van der Waals surface area contributed by atoms with Gasteiger partial charge in [-0.3, -0.25) is 9.36 Å². The first-order valence-corrected chi connectivity index (χ1v) is 7.01. The summed E-state index contributed by atoms with van der Waals surface area (Å²) in [7, 11) is 0. The van der Waals surface area contributed by atoms with Crippen molar-refractivity contribution in [2.75, 3.05) is 0 Å². The number of nitrogens with zero attached hydrogens (tertiary/aromatic N) is 5. The van der Waals surface area contributed by atoms with Crippen LogP contribution >= 0.6 is 15.9 Å². The summed E-state index contributed by atoms with van der Waals surface area (Å²) in [6.45, 7) is 3.11. The Kier molecular flexibility index (Phi) is 3.35. The van der Waals surface area contributed by atoms with Crippen LogP contribution < -0.4 is 5.56 Å². The zero-order valence-electron chi connectivity index (χ0n) is 10.8. The van der Waals surface area contributed by atoms with Crippen LogP contribution in [-0.2, 0) is 13.1 Å². The van der Waals surface area contributed by atoms with Gasteiger partial charge in [0, 0.05) is 11.0 Å². The fourth-order valence-electron chi connectivity index (χ4n) is 2.11. The minimum Gasteiger partial charge on any atom is -0.293 e. The Morgan fingerprint density at radius 3 is 3.00 bits per heavy atom. The second-order valence-corrected chi connectivity index (χ2v) is 5.21. The van der Waals surface area contributed by atoms with Crippen molar-refractivity contribution in [1.29, 1.82) is 0 Å². The minimum absolute atomic E-state index is 0.0775. The maximum absolute atomic E-state index is 12.5. The molecule has 3 rings (SSSR count). The number of fused-ring (bicyclic) bond motifs is 1. The number of hydrogen-bond acceptors (Lipinski definition) is 4. The van der Waals surface area contributed by atoms with E-state index >= 15 is 0 Å². The zero-order valence-corrected chi connectivity index (χ0v) is 12.4. The van der Waals surface area contributed by atoms with E-state index in [1.54, 1.807) is 21.8 Å². The highest BCUT2D eigenvalue weighted by Gasteiger charge is 2.09. The second kappa shape index (κ2) is 5.16. The molecule has 0 aliphatic heterocycles. The van der Waals surface area contributed by atoms with E-state index in [1.807, 2.05) is 25.1 Å². The lowest BCUT2D eigenvalue weighted by molar-refractivity contribution is 0.576. The fourth-order valence-corrected chi connectivity index (χ4v) is 2.64. The summed E-state index contributed by atoms with van der Waals surface area (Å²) in [5, 5.41) is 8.42. The van der Waals surface area contributed by atoms with Crippen molar-refractivity contribution in [2.45, 2.75) is 20.0 Å². The molecule has 7 heteroatoms. The molecule has 0 atom stereocenters. The quantitative estimate of drug-likeness (QED) is 0.733. The lowest BCUT2D eigenvalue weighted by Gasteiger charge is -2.08. The molecule has 2 aromatic heterocycles. The van der Waals surface area contributed by atoms with Crippen molar-refractivity contribution in [2.24, 2.45) is 0 Å². The molecule has 0 saturated heterocycles. The minimum atomic E-state index is -0.0775. The van der Waals surface area contributed by atoms with Crippen LogP contribution in [0.5, 0.6) is 0 Å². The predicted molar refractivity (Wildman–Crippen MR) is 78.5 cm³/mol. The van der Waals surface area contributed by atoms with Crippen LogP contribution in [0.25, 0.3) is 10.9 Å². The maximum Gasteiger partial charge on any atom is 0.262 e. The Hall–Kier alpha value is -2.02. The van der Waals surface area contributed by atoms with Crippen LogP contribution in [-0.4, -0.2) is 24.5 Å². The van der Waals surface area contributed by atoms with Gasteiger partial charge in [0.05, 0.1) is 35.7 Å². The number of aryl methyl sites for hydroxylation is 1. The molecular formula is C13H12BrN5O. The second-order valence-electron chi connectivity index (χ2n) is 4.35. The SMILES string of the molecule is CCn1nncc1Cn1cnc2cccc(Br)c2c1=O. The fraction of sp³-hybridized carbons (Fsp3) is 0.231. The molecule has 2 heterocycles. The van der Waals surface area contributed by atoms with Crippen molar-refractivity contribution in [3.63, 3.8) is 0 Å². The number of aromatic nitrogens is 5. The lowest BCUT2D eigenvalue weighted by atomic mass is 10.2. The third kappa shape index (κ3) is 2.14. The van der Waals surface area contributed by atoms with E-state index in [4.69, 9.17) is 0 Å². The number of hydrogen-bond donors (Lipinski definition) is 0. The molecule has 0 aliphatic carbocycles. The molecule has 102 valence electrons. The predicted octanol–water partition coefficient (Wildman–Crippen LogP) is 1.82. The van der Waals surface area contributed by atoms with Crippen molar-refractivity contribution in [3.05, 3.63) is 51.2 Å². The summed E-state index contributed by atoms with van der Waals surface area (Å²) < 4.78 is 4.08. The standard InChI is InChI=1S/C13H12BrN5O/c1-2-19-9(6-16-17-19)7-18-8-15-11-5-3-4-10(14)12(11)13(18)20/h3-6,8H,2,7H2,1H3. The third-order valence-electron chi connectivity index (χ3n) is 3.13. The number of rotatable bonds is 3. The van der Waals surface area contributed by atoms with E-state index in [9.17, 15) is 4.79 Å². The zero-order chi connectivity index (χ0) is 14.1. The molecule has 6 nitrogen and oxygen atoms in total. The molecule has 0 spiro atoms. The van der Waals surface area contributed by atoms with Crippen LogP contribution in [0.4, 0.5) is 0 Å². The smallest absolute Gasteiger partial charge is 0.262 e. The summed E-state index contributed by atoms with van der Waals surface area (Å²) >= 11 is 3.40. The van der Waals surface area contributed by atoms with E-state index in [-0.39, 0.29) is 5.56 Å². The Morgan fingerprint density at radius 1 is 1.35 bits per heavy atom. The van der Waals surface area contributed by atoms with E-state index in [2.05, 4.69) is 31.2 Å². The number of benzene rings is 1. The van der Waals surface area contributed by atoms with Gasteiger partial charge >= 0.3 is 0 Å². The molecule has 20 heavy (non-hydrogen) atoms. The molecule has 0 unspecified atom stereocenters. The van der Waals surface area contributed by atoms with E-state index in [1.165, 1.54) is 0 Å². The van der Waals surface area contributed by atoms with Gasteiger partial charge in [-0.15, -0.1) is 5.10 Å². The Bertz CT molecular complexity index is 823. The molecule has 0 radical (unpaired) electrons. The Labute approximate surface area is 123 Å². The molecule has 0 aliphatic rings. The summed E-state index contributed by atoms with van der Waals surface area (Å²) in [6, 6.07) is 5.52. The summed E-state index contributed by atoms with van der Waals surface area (Å²) in [5.74, 6) is 0. The highest BCUT2D eigenvalue weighted by molar-refractivity contribution is 9.10. The van der Waals surface area contributed by atoms with Crippen molar-refractivity contribution in [3.8, 4) is 0 Å². The van der Waals surface area contributed by atoms with Crippen molar-refractivity contribution >= 4 is 26.8 Å². The van der Waals surface area contributed by atoms with Gasteiger partial charge in [-0.25, -0.2) is 9.67 Å². The average molecular weight is 334 g/mol. The molecule has 0 N–H and O–H groups in total. The Balaban J connectivity index is 2.11. The molecule has 0 fully saturated rings. The van der Waals surface area contributed by atoms with Crippen LogP contribution in [0.15, 0.2) is 40.0 Å². The van der Waals surface area contributed by atoms with Crippen LogP contribution in [0.1, 0.15) is 12.6 Å². The third-order valence-corrected chi connectivity index (χ3v) is 3.79. The topological polar surface area (TPSA) is 65.6 Å². The molecule has 0 bridgehead atoms. The first-order chi connectivity index (χ1) is 9.70.